The fraction of sp³-hybridized carbons (Fsp3) is 0.294. The van der Waals surface area contributed by atoms with E-state index in [1.807, 2.05) is 6.92 Å². The topological polar surface area (TPSA) is 66.4 Å². The summed E-state index contributed by atoms with van der Waals surface area (Å²) in [6, 6.07) is 4.98. The number of aryl methyl sites for hydroxylation is 1. The van der Waals surface area contributed by atoms with E-state index in [-0.39, 0.29) is 16.8 Å². The molecule has 0 atom stereocenters. The van der Waals surface area contributed by atoms with Gasteiger partial charge in [-0.2, -0.15) is 0 Å². The molecule has 1 aliphatic heterocycles. The Bertz CT molecular complexity index is 803. The fourth-order valence-electron chi connectivity index (χ4n) is 2.62. The molecule has 2 amide bonds. The predicted octanol–water partition coefficient (Wildman–Crippen LogP) is 2.69. The van der Waals surface area contributed by atoms with Crippen LogP contribution in [-0.2, 0) is 0 Å². The van der Waals surface area contributed by atoms with Crippen LogP contribution in [0.4, 0.5) is 0 Å². The standard InChI is InChI=1S/C17H16Cl2N4O2/c1-11-9-21-14(10-20-11)17(25)23-7-5-22(6-8-23)16(24)12-3-2-4-13(18)15(12)19/h2-4,9-10H,5-8H2,1H3. The lowest BCUT2D eigenvalue weighted by molar-refractivity contribution is 0.0532. The van der Waals surface area contributed by atoms with Crippen LogP contribution in [0.15, 0.2) is 30.6 Å². The first kappa shape index (κ1) is 17.6. The summed E-state index contributed by atoms with van der Waals surface area (Å²) in [4.78, 5) is 36.6. The zero-order valence-corrected chi connectivity index (χ0v) is 15.1. The van der Waals surface area contributed by atoms with Gasteiger partial charge in [0, 0.05) is 32.4 Å². The minimum atomic E-state index is -0.185. The smallest absolute Gasteiger partial charge is 0.274 e. The van der Waals surface area contributed by atoms with Crippen LogP contribution in [-0.4, -0.2) is 57.8 Å². The monoisotopic (exact) mass is 378 g/mol. The first-order chi connectivity index (χ1) is 12.0. The highest BCUT2D eigenvalue weighted by Crippen LogP contribution is 2.26. The highest BCUT2D eigenvalue weighted by Gasteiger charge is 2.27. The molecule has 1 aliphatic rings. The van der Waals surface area contributed by atoms with Crippen molar-refractivity contribution in [2.24, 2.45) is 0 Å². The van der Waals surface area contributed by atoms with E-state index in [0.29, 0.717) is 42.5 Å². The largest absolute Gasteiger partial charge is 0.335 e. The summed E-state index contributed by atoms with van der Waals surface area (Å²) in [6.07, 6.45) is 3.04. The van der Waals surface area contributed by atoms with Crippen molar-refractivity contribution in [3.63, 3.8) is 0 Å². The molecule has 6 nitrogen and oxygen atoms in total. The highest BCUT2D eigenvalue weighted by molar-refractivity contribution is 6.43. The maximum absolute atomic E-state index is 12.6. The van der Waals surface area contributed by atoms with E-state index in [0.717, 1.165) is 5.69 Å². The lowest BCUT2D eigenvalue weighted by atomic mass is 10.1. The summed E-state index contributed by atoms with van der Waals surface area (Å²) < 4.78 is 0. The normalized spacial score (nSPS) is 14.5. The third-order valence-electron chi connectivity index (χ3n) is 4.04. The maximum atomic E-state index is 12.6. The van der Waals surface area contributed by atoms with Crippen molar-refractivity contribution >= 4 is 35.0 Å². The molecule has 0 spiro atoms. The number of aromatic nitrogens is 2. The predicted molar refractivity (Wildman–Crippen MR) is 95.0 cm³/mol. The van der Waals surface area contributed by atoms with Crippen LogP contribution in [0.25, 0.3) is 0 Å². The molecule has 2 aromatic rings. The van der Waals surface area contributed by atoms with Crippen molar-refractivity contribution in [1.82, 2.24) is 19.8 Å². The fourth-order valence-corrected chi connectivity index (χ4v) is 3.00. The second kappa shape index (κ2) is 7.37. The third-order valence-corrected chi connectivity index (χ3v) is 4.86. The third kappa shape index (κ3) is 3.75. The van der Waals surface area contributed by atoms with E-state index in [2.05, 4.69) is 9.97 Å². The quantitative estimate of drug-likeness (QED) is 0.805. The van der Waals surface area contributed by atoms with Gasteiger partial charge >= 0.3 is 0 Å². The Morgan fingerprint density at radius 1 is 0.960 bits per heavy atom. The molecule has 1 saturated heterocycles. The molecule has 3 rings (SSSR count). The van der Waals surface area contributed by atoms with Crippen molar-refractivity contribution in [2.75, 3.05) is 26.2 Å². The van der Waals surface area contributed by atoms with Crippen LogP contribution in [0.2, 0.25) is 10.0 Å². The molecule has 0 unspecified atom stereocenters. The van der Waals surface area contributed by atoms with Crippen LogP contribution >= 0.6 is 23.2 Å². The van der Waals surface area contributed by atoms with Gasteiger partial charge in [-0.15, -0.1) is 0 Å². The van der Waals surface area contributed by atoms with E-state index < -0.39 is 0 Å². The average molecular weight is 379 g/mol. The van der Waals surface area contributed by atoms with Crippen molar-refractivity contribution in [1.29, 1.82) is 0 Å². The molecule has 8 heteroatoms. The Kier molecular flexibility index (Phi) is 5.20. The van der Waals surface area contributed by atoms with Gasteiger partial charge in [-0.3, -0.25) is 14.6 Å². The van der Waals surface area contributed by atoms with Crippen LogP contribution < -0.4 is 0 Å². The van der Waals surface area contributed by atoms with Crippen LogP contribution in [0.5, 0.6) is 0 Å². The van der Waals surface area contributed by atoms with Gasteiger partial charge in [0.15, 0.2) is 0 Å². The van der Waals surface area contributed by atoms with Crippen LogP contribution in [0.3, 0.4) is 0 Å². The Balaban J connectivity index is 1.65. The lowest BCUT2D eigenvalue weighted by Gasteiger charge is -2.34. The number of benzene rings is 1. The van der Waals surface area contributed by atoms with E-state index >= 15 is 0 Å². The number of hydrogen-bond acceptors (Lipinski definition) is 4. The van der Waals surface area contributed by atoms with Gasteiger partial charge in [0.25, 0.3) is 11.8 Å². The zero-order valence-electron chi connectivity index (χ0n) is 13.6. The summed E-state index contributed by atoms with van der Waals surface area (Å²) in [5.74, 6) is -0.366. The molecule has 1 aromatic carbocycles. The molecule has 0 N–H and O–H groups in total. The number of halogens is 2. The molecular formula is C17H16Cl2N4O2. The Morgan fingerprint density at radius 3 is 2.20 bits per heavy atom. The van der Waals surface area contributed by atoms with Crippen LogP contribution in [0.1, 0.15) is 26.5 Å². The van der Waals surface area contributed by atoms with Crippen molar-refractivity contribution in [3.8, 4) is 0 Å². The summed E-state index contributed by atoms with van der Waals surface area (Å²) in [5, 5.41) is 0.599. The Labute approximate surface area is 155 Å². The molecule has 0 bridgehead atoms. The van der Waals surface area contributed by atoms with Gasteiger partial charge in [-0.05, 0) is 19.1 Å². The Hall–Kier alpha value is -2.18. The Morgan fingerprint density at radius 2 is 1.60 bits per heavy atom. The van der Waals surface area contributed by atoms with Gasteiger partial charge in [0.2, 0.25) is 0 Å². The van der Waals surface area contributed by atoms with Gasteiger partial charge in [0.05, 0.1) is 27.5 Å². The van der Waals surface area contributed by atoms with Crippen molar-refractivity contribution in [3.05, 3.63) is 57.6 Å². The molecule has 25 heavy (non-hydrogen) atoms. The number of piperazine rings is 1. The summed E-state index contributed by atoms with van der Waals surface area (Å²) in [7, 11) is 0. The summed E-state index contributed by atoms with van der Waals surface area (Å²) in [5.41, 5.74) is 1.44. The van der Waals surface area contributed by atoms with Crippen LogP contribution in [0, 0.1) is 6.92 Å². The molecule has 2 heterocycles. The minimum Gasteiger partial charge on any atom is -0.335 e. The average Bonchev–Trinajstić information content (AvgIpc) is 2.64. The number of hydrogen-bond donors (Lipinski definition) is 0. The first-order valence-electron chi connectivity index (χ1n) is 7.78. The number of rotatable bonds is 2. The second-order valence-electron chi connectivity index (χ2n) is 5.73. The number of carbonyl (C=O) groups excluding carboxylic acids is 2. The minimum absolute atomic E-state index is 0.180. The number of nitrogens with zero attached hydrogens (tertiary/aromatic N) is 4. The van der Waals surface area contributed by atoms with Crippen molar-refractivity contribution in [2.45, 2.75) is 6.92 Å². The SMILES string of the molecule is Cc1cnc(C(=O)N2CCN(C(=O)c3cccc(Cl)c3Cl)CC2)cn1. The zero-order chi connectivity index (χ0) is 18.0. The van der Waals surface area contributed by atoms with Gasteiger partial charge < -0.3 is 9.80 Å². The molecule has 0 saturated carbocycles. The van der Waals surface area contributed by atoms with E-state index in [4.69, 9.17) is 23.2 Å². The molecule has 0 aliphatic carbocycles. The summed E-state index contributed by atoms with van der Waals surface area (Å²) >= 11 is 12.1. The first-order valence-corrected chi connectivity index (χ1v) is 8.54. The van der Waals surface area contributed by atoms with Gasteiger partial charge in [0.1, 0.15) is 5.69 Å². The second-order valence-corrected chi connectivity index (χ2v) is 6.51. The molecule has 1 fully saturated rings. The maximum Gasteiger partial charge on any atom is 0.274 e. The van der Waals surface area contributed by atoms with E-state index in [1.54, 1.807) is 34.2 Å². The van der Waals surface area contributed by atoms with E-state index in [9.17, 15) is 9.59 Å². The van der Waals surface area contributed by atoms with Gasteiger partial charge in [-0.1, -0.05) is 29.3 Å². The number of amides is 2. The van der Waals surface area contributed by atoms with E-state index in [1.165, 1.54) is 6.20 Å². The molecular weight excluding hydrogens is 363 g/mol. The number of carbonyl (C=O) groups is 2. The molecule has 0 radical (unpaired) electrons. The molecule has 1 aromatic heterocycles. The van der Waals surface area contributed by atoms with Gasteiger partial charge in [-0.25, -0.2) is 4.98 Å². The summed E-state index contributed by atoms with van der Waals surface area (Å²) in [6.45, 7) is 3.52. The lowest BCUT2D eigenvalue weighted by Crippen LogP contribution is -2.50. The van der Waals surface area contributed by atoms with Crippen molar-refractivity contribution < 1.29 is 9.59 Å². The highest BCUT2D eigenvalue weighted by atomic mass is 35.5. The molecule has 130 valence electrons.